The molecule has 1 aromatic carbocycles. The van der Waals surface area contributed by atoms with E-state index in [1.807, 2.05) is 0 Å². The van der Waals surface area contributed by atoms with E-state index in [1.54, 1.807) is 18.2 Å². The highest BCUT2D eigenvalue weighted by Gasteiger charge is 2.09. The van der Waals surface area contributed by atoms with E-state index in [2.05, 4.69) is 4.74 Å². The van der Waals surface area contributed by atoms with Crippen molar-refractivity contribution < 1.29 is 16.7 Å². The number of rotatable bonds is 4. The van der Waals surface area contributed by atoms with E-state index >= 15 is 0 Å². The van der Waals surface area contributed by atoms with Gasteiger partial charge in [0.05, 0.1) is 6.61 Å². The number of esters is 1. The Labute approximate surface area is 85.5 Å². The lowest BCUT2D eigenvalue weighted by atomic mass is 10.1. The van der Waals surface area contributed by atoms with Crippen LogP contribution in [0.15, 0.2) is 30.3 Å². The van der Waals surface area contributed by atoms with Crippen LogP contribution in [0.1, 0.15) is 27.8 Å². The van der Waals surface area contributed by atoms with Gasteiger partial charge in [-0.25, -0.2) is 4.39 Å². The number of carbonyl (C=O) groups is 1. The number of benzene rings is 1. The van der Waals surface area contributed by atoms with Gasteiger partial charge in [0, 0.05) is 16.0 Å². The fraction of sp³-hybridized carbons (Fsp3) is 0.364. The van der Waals surface area contributed by atoms with Gasteiger partial charge >= 0.3 is 5.97 Å². The molecule has 1 rings (SSSR count). The Hall–Kier alpha value is -1.38. The Balaban J connectivity index is 2.72. The summed E-state index contributed by atoms with van der Waals surface area (Å²) in [4.78, 5) is 10.5. The molecule has 14 heavy (non-hydrogen) atoms. The summed E-state index contributed by atoms with van der Waals surface area (Å²) in [5.74, 6) is -0.621. The molecule has 76 valence electrons. The van der Waals surface area contributed by atoms with Crippen LogP contribution >= 0.6 is 0 Å². The topological polar surface area (TPSA) is 26.3 Å². The molecule has 0 saturated heterocycles. The van der Waals surface area contributed by atoms with Gasteiger partial charge in [0.1, 0.15) is 6.17 Å². The zero-order valence-corrected chi connectivity index (χ0v) is 7.87. The van der Waals surface area contributed by atoms with Crippen molar-refractivity contribution in [2.45, 2.75) is 19.5 Å². The van der Waals surface area contributed by atoms with Crippen LogP contribution < -0.4 is 0 Å². The van der Waals surface area contributed by atoms with Gasteiger partial charge in [0.2, 0.25) is 0 Å². The molecule has 0 radical (unpaired) electrons. The second kappa shape index (κ2) is 5.37. The van der Waals surface area contributed by atoms with Crippen LogP contribution in [0.3, 0.4) is 0 Å². The second-order valence-corrected chi connectivity index (χ2v) is 2.76. The van der Waals surface area contributed by atoms with Crippen molar-refractivity contribution in [3.05, 3.63) is 35.9 Å². The van der Waals surface area contributed by atoms with Gasteiger partial charge in [-0.2, -0.15) is 0 Å². The van der Waals surface area contributed by atoms with E-state index in [9.17, 15) is 9.18 Å². The van der Waals surface area contributed by atoms with E-state index < -0.39 is 25.1 Å². The molecule has 0 saturated carbocycles. The highest BCUT2D eigenvalue weighted by Crippen LogP contribution is 2.20. The second-order valence-electron chi connectivity index (χ2n) is 2.76. The number of carbonyl (C=O) groups excluding carboxylic acids is 1. The van der Waals surface area contributed by atoms with Crippen molar-refractivity contribution in [1.82, 2.24) is 0 Å². The van der Waals surface area contributed by atoms with Crippen LogP contribution in [0.25, 0.3) is 0 Å². The van der Waals surface area contributed by atoms with Crippen LogP contribution in [0.5, 0.6) is 0 Å². The van der Waals surface area contributed by atoms with E-state index in [0.717, 1.165) is 6.92 Å². The van der Waals surface area contributed by atoms with Crippen molar-refractivity contribution in [3.63, 3.8) is 0 Å². The molecule has 0 fully saturated rings. The SMILES string of the molecule is [2H]C([2H])(COC(C)=O)[C@H](F)c1ccccc1. The van der Waals surface area contributed by atoms with E-state index in [1.165, 1.54) is 12.1 Å². The predicted molar refractivity (Wildman–Crippen MR) is 51.5 cm³/mol. The molecule has 3 heteroatoms. The molecule has 0 aliphatic rings. The Morgan fingerprint density at radius 1 is 1.57 bits per heavy atom. The fourth-order valence-electron chi connectivity index (χ4n) is 0.956. The van der Waals surface area contributed by atoms with Crippen molar-refractivity contribution in [3.8, 4) is 0 Å². The van der Waals surface area contributed by atoms with Gasteiger partial charge in [0.25, 0.3) is 0 Å². The quantitative estimate of drug-likeness (QED) is 0.695. The van der Waals surface area contributed by atoms with Crippen molar-refractivity contribution >= 4 is 5.97 Å². The third-order valence-electron chi connectivity index (χ3n) is 1.63. The van der Waals surface area contributed by atoms with Gasteiger partial charge < -0.3 is 4.74 Å². The highest BCUT2D eigenvalue weighted by molar-refractivity contribution is 5.65. The van der Waals surface area contributed by atoms with Gasteiger partial charge in [-0.3, -0.25) is 4.79 Å². The molecule has 0 spiro atoms. The Kier molecular flexibility index (Phi) is 3.06. The summed E-state index contributed by atoms with van der Waals surface area (Å²) in [5.41, 5.74) is 0.236. The van der Waals surface area contributed by atoms with Crippen LogP contribution in [-0.4, -0.2) is 12.6 Å². The monoisotopic (exact) mass is 198 g/mol. The number of hydrogen-bond donors (Lipinski definition) is 0. The standard InChI is InChI=1S/C11H13FO2/c1-9(13)14-8-7-11(12)10-5-3-2-4-6-10/h2-6,11H,7-8H2,1H3/t11-/m0/s1/i7D2. The smallest absolute Gasteiger partial charge is 0.302 e. The minimum Gasteiger partial charge on any atom is -0.466 e. The highest BCUT2D eigenvalue weighted by atomic mass is 19.1. The lowest BCUT2D eigenvalue weighted by Crippen LogP contribution is -2.03. The normalized spacial score (nSPS) is 15.3. The lowest BCUT2D eigenvalue weighted by molar-refractivity contribution is -0.141. The molecule has 2 nitrogen and oxygen atoms in total. The fourth-order valence-corrected chi connectivity index (χ4v) is 0.956. The lowest BCUT2D eigenvalue weighted by Gasteiger charge is -2.07. The van der Waals surface area contributed by atoms with Crippen LogP contribution in [0.2, 0.25) is 0 Å². The molecule has 0 aliphatic carbocycles. The van der Waals surface area contributed by atoms with Gasteiger partial charge in [-0.05, 0) is 5.56 Å². The maximum Gasteiger partial charge on any atom is 0.302 e. The zero-order valence-electron chi connectivity index (χ0n) is 9.87. The first-order valence-electron chi connectivity index (χ1n) is 5.26. The summed E-state index contributed by atoms with van der Waals surface area (Å²) in [6, 6.07) is 7.97. The number of ether oxygens (including phenoxy) is 1. The van der Waals surface area contributed by atoms with Gasteiger partial charge in [0.15, 0.2) is 0 Å². The number of alkyl halides is 1. The maximum atomic E-state index is 13.8. The minimum absolute atomic E-state index is 0.236. The molecule has 0 N–H and O–H groups in total. The molecule has 0 aromatic heterocycles. The largest absolute Gasteiger partial charge is 0.466 e. The molecule has 0 heterocycles. The first-order valence-corrected chi connectivity index (χ1v) is 4.26. The molecular weight excluding hydrogens is 183 g/mol. The van der Waals surface area contributed by atoms with Crippen LogP contribution in [0.4, 0.5) is 4.39 Å². The molecule has 0 aliphatic heterocycles. The zero-order chi connectivity index (χ0) is 12.2. The van der Waals surface area contributed by atoms with Crippen molar-refractivity contribution in [2.24, 2.45) is 0 Å². The van der Waals surface area contributed by atoms with Gasteiger partial charge in [-0.1, -0.05) is 30.3 Å². The number of halogens is 1. The summed E-state index contributed by atoms with van der Waals surface area (Å²) in [6.07, 6.45) is -4.03. The maximum absolute atomic E-state index is 13.8. The first-order chi connectivity index (χ1) is 7.43. The molecule has 1 aromatic rings. The molecule has 1 atom stereocenters. The van der Waals surface area contributed by atoms with Crippen molar-refractivity contribution in [2.75, 3.05) is 6.61 Å². The third kappa shape index (κ3) is 3.56. The Morgan fingerprint density at radius 3 is 2.79 bits per heavy atom. The average molecular weight is 198 g/mol. The molecule has 0 amide bonds. The molecule has 0 unspecified atom stereocenters. The number of hydrogen-bond acceptors (Lipinski definition) is 2. The summed E-state index contributed by atoms with van der Waals surface area (Å²) in [5, 5.41) is 0. The summed E-state index contributed by atoms with van der Waals surface area (Å²) in [6.45, 7) is 0.574. The Morgan fingerprint density at radius 2 is 2.21 bits per heavy atom. The third-order valence-corrected chi connectivity index (χ3v) is 1.63. The first kappa shape index (κ1) is 7.97. The molecule has 0 bridgehead atoms. The van der Waals surface area contributed by atoms with Crippen LogP contribution in [-0.2, 0) is 9.53 Å². The summed E-state index contributed by atoms with van der Waals surface area (Å²) < 4.78 is 33.2. The summed E-state index contributed by atoms with van der Waals surface area (Å²) >= 11 is 0. The molecular formula is C11H13FO2. The Bertz CT molecular complexity index is 354. The van der Waals surface area contributed by atoms with Crippen molar-refractivity contribution in [1.29, 1.82) is 0 Å². The average Bonchev–Trinajstić information content (AvgIpc) is 2.27. The van der Waals surface area contributed by atoms with Crippen LogP contribution in [0, 0.1) is 0 Å². The minimum atomic E-state index is -2.22. The van der Waals surface area contributed by atoms with E-state index in [0.29, 0.717) is 0 Å². The van der Waals surface area contributed by atoms with Gasteiger partial charge in [-0.15, -0.1) is 0 Å². The van der Waals surface area contributed by atoms with E-state index in [4.69, 9.17) is 2.74 Å². The summed E-state index contributed by atoms with van der Waals surface area (Å²) in [7, 11) is 0. The van der Waals surface area contributed by atoms with E-state index in [-0.39, 0.29) is 5.56 Å². The predicted octanol–water partition coefficient (Wildman–Crippen LogP) is 2.65.